The molecule has 3 rings (SSSR count). The van der Waals surface area contributed by atoms with Crippen LogP contribution in [0.25, 0.3) is 0 Å². The highest BCUT2D eigenvalue weighted by molar-refractivity contribution is 5.25. The molecule has 1 aromatic carbocycles. The van der Waals surface area contributed by atoms with Crippen LogP contribution in [0.3, 0.4) is 0 Å². The quantitative estimate of drug-likeness (QED) is 0.765. The van der Waals surface area contributed by atoms with Crippen LogP contribution in [0.2, 0.25) is 0 Å². The lowest BCUT2D eigenvalue weighted by molar-refractivity contribution is -0.0412. The molecule has 0 aliphatic heterocycles. The zero-order valence-corrected chi connectivity index (χ0v) is 11.9. The van der Waals surface area contributed by atoms with Crippen LogP contribution in [-0.4, -0.2) is 34.9 Å². The Balaban J connectivity index is 2.07. The normalized spacial score (nSPS) is 15.4. The van der Waals surface area contributed by atoms with Gasteiger partial charge in [0.2, 0.25) is 0 Å². The van der Waals surface area contributed by atoms with E-state index in [0.717, 1.165) is 0 Å². The topological polar surface area (TPSA) is 81.6 Å². The summed E-state index contributed by atoms with van der Waals surface area (Å²) in [5, 5.41) is 23.3. The number of hydrogen-bond acceptors (Lipinski definition) is 5. The van der Waals surface area contributed by atoms with Crippen molar-refractivity contribution in [3.05, 3.63) is 60.7 Å². The van der Waals surface area contributed by atoms with Crippen LogP contribution in [-0.2, 0) is 12.1 Å². The van der Waals surface area contributed by atoms with Gasteiger partial charge in [0.1, 0.15) is 30.1 Å². The van der Waals surface area contributed by atoms with Gasteiger partial charge in [-0.1, -0.05) is 18.2 Å². The standard InChI is InChI=1S/C14H15FN6O/c1-11(21-17-6-7-18-21)14(22,8-20-10-16-9-19-20)12-4-2-3-5-13(12)15/h2-7,9-11,22H,8H2,1H3/t11-,14-/m1/s1. The van der Waals surface area contributed by atoms with Gasteiger partial charge in [-0.15, -0.1) is 0 Å². The second-order valence-electron chi connectivity index (χ2n) is 5.02. The van der Waals surface area contributed by atoms with E-state index in [-0.39, 0.29) is 12.1 Å². The summed E-state index contributed by atoms with van der Waals surface area (Å²) in [7, 11) is 0. The zero-order valence-electron chi connectivity index (χ0n) is 11.9. The summed E-state index contributed by atoms with van der Waals surface area (Å²) in [5.41, 5.74) is -1.42. The van der Waals surface area contributed by atoms with Crippen LogP contribution in [0.15, 0.2) is 49.3 Å². The molecule has 7 nitrogen and oxygen atoms in total. The summed E-state index contributed by atoms with van der Waals surface area (Å²) >= 11 is 0. The van der Waals surface area contributed by atoms with E-state index in [1.54, 1.807) is 25.1 Å². The minimum atomic E-state index is -1.59. The molecule has 8 heteroatoms. The molecular weight excluding hydrogens is 287 g/mol. The molecule has 0 unspecified atom stereocenters. The highest BCUT2D eigenvalue weighted by atomic mass is 19.1. The number of aromatic nitrogens is 6. The number of halogens is 1. The van der Waals surface area contributed by atoms with Gasteiger partial charge in [0, 0.05) is 5.56 Å². The lowest BCUT2D eigenvalue weighted by atomic mass is 9.86. The summed E-state index contributed by atoms with van der Waals surface area (Å²) in [5.74, 6) is -0.496. The lowest BCUT2D eigenvalue weighted by Gasteiger charge is -2.33. The Kier molecular flexibility index (Phi) is 3.68. The van der Waals surface area contributed by atoms with E-state index in [2.05, 4.69) is 20.3 Å². The fourth-order valence-corrected chi connectivity index (χ4v) is 2.43. The van der Waals surface area contributed by atoms with Crippen LogP contribution in [0, 0.1) is 5.82 Å². The molecule has 114 valence electrons. The van der Waals surface area contributed by atoms with Crippen molar-refractivity contribution in [2.75, 3.05) is 0 Å². The average Bonchev–Trinajstić information content (AvgIpc) is 3.20. The Bertz CT molecular complexity index is 730. The molecule has 1 N–H and O–H groups in total. The molecule has 0 amide bonds. The molecule has 0 aliphatic rings. The van der Waals surface area contributed by atoms with Gasteiger partial charge in [-0.05, 0) is 13.0 Å². The van der Waals surface area contributed by atoms with E-state index in [1.165, 1.54) is 40.6 Å². The van der Waals surface area contributed by atoms with Gasteiger partial charge in [0.15, 0.2) is 0 Å². The van der Waals surface area contributed by atoms with Gasteiger partial charge in [-0.2, -0.15) is 20.1 Å². The van der Waals surface area contributed by atoms with Crippen molar-refractivity contribution < 1.29 is 9.50 Å². The molecule has 3 aromatic rings. The van der Waals surface area contributed by atoms with Crippen molar-refractivity contribution >= 4 is 0 Å². The first-order valence-electron chi connectivity index (χ1n) is 6.77. The number of rotatable bonds is 5. The highest BCUT2D eigenvalue weighted by Gasteiger charge is 2.41. The number of aliphatic hydroxyl groups is 1. The Morgan fingerprint density at radius 2 is 1.95 bits per heavy atom. The van der Waals surface area contributed by atoms with Crippen molar-refractivity contribution in [3.63, 3.8) is 0 Å². The van der Waals surface area contributed by atoms with Gasteiger partial charge in [-0.3, -0.25) is 0 Å². The SMILES string of the molecule is C[C@@H](n1nccn1)[C@](O)(Cn1cncn1)c1ccccc1F. The van der Waals surface area contributed by atoms with Crippen molar-refractivity contribution in [3.8, 4) is 0 Å². The monoisotopic (exact) mass is 302 g/mol. The molecule has 0 spiro atoms. The largest absolute Gasteiger partial charge is 0.381 e. The maximum Gasteiger partial charge on any atom is 0.137 e. The molecular formula is C14H15FN6O. The Morgan fingerprint density at radius 1 is 1.23 bits per heavy atom. The Morgan fingerprint density at radius 3 is 2.59 bits per heavy atom. The molecule has 0 aliphatic carbocycles. The van der Waals surface area contributed by atoms with Crippen LogP contribution >= 0.6 is 0 Å². The third-order valence-electron chi connectivity index (χ3n) is 3.68. The molecule has 22 heavy (non-hydrogen) atoms. The van der Waals surface area contributed by atoms with Gasteiger partial charge >= 0.3 is 0 Å². The minimum absolute atomic E-state index is 0.0244. The molecule has 2 atom stereocenters. The first-order valence-corrected chi connectivity index (χ1v) is 6.77. The number of nitrogens with zero attached hydrogens (tertiary/aromatic N) is 6. The van der Waals surface area contributed by atoms with Crippen molar-refractivity contribution in [1.29, 1.82) is 0 Å². The van der Waals surface area contributed by atoms with Crippen molar-refractivity contribution in [1.82, 2.24) is 29.8 Å². The molecule has 0 saturated heterocycles. The first kappa shape index (κ1) is 14.3. The average molecular weight is 302 g/mol. The summed E-state index contributed by atoms with van der Waals surface area (Å²) in [4.78, 5) is 5.20. The number of benzene rings is 1. The molecule has 0 saturated carbocycles. The third-order valence-corrected chi connectivity index (χ3v) is 3.68. The van der Waals surface area contributed by atoms with Crippen molar-refractivity contribution in [2.24, 2.45) is 0 Å². The summed E-state index contributed by atoms with van der Waals surface area (Å²) in [6, 6.07) is 5.50. The van der Waals surface area contributed by atoms with Crippen LogP contribution in [0.4, 0.5) is 4.39 Å². The molecule has 0 radical (unpaired) electrons. The van der Waals surface area contributed by atoms with E-state index >= 15 is 0 Å². The predicted octanol–water partition coefficient (Wildman–Crippen LogP) is 1.16. The summed E-state index contributed by atoms with van der Waals surface area (Å²) in [6.07, 6.45) is 5.84. The lowest BCUT2D eigenvalue weighted by Crippen LogP contribution is -2.41. The van der Waals surface area contributed by atoms with E-state index in [1.807, 2.05) is 0 Å². The highest BCUT2D eigenvalue weighted by Crippen LogP contribution is 2.35. The third kappa shape index (κ3) is 2.48. The smallest absolute Gasteiger partial charge is 0.137 e. The second kappa shape index (κ2) is 5.64. The fourth-order valence-electron chi connectivity index (χ4n) is 2.43. The van der Waals surface area contributed by atoms with E-state index in [9.17, 15) is 9.50 Å². The van der Waals surface area contributed by atoms with Crippen LogP contribution in [0.5, 0.6) is 0 Å². The molecule has 0 bridgehead atoms. The number of hydrogen-bond donors (Lipinski definition) is 1. The molecule has 2 aromatic heterocycles. The van der Waals surface area contributed by atoms with E-state index in [4.69, 9.17) is 0 Å². The maximum absolute atomic E-state index is 14.3. The Labute approximate surface area is 126 Å². The first-order chi connectivity index (χ1) is 10.6. The van der Waals surface area contributed by atoms with Crippen molar-refractivity contribution in [2.45, 2.75) is 25.1 Å². The van der Waals surface area contributed by atoms with Gasteiger partial charge in [0.25, 0.3) is 0 Å². The Hall–Kier alpha value is -2.61. The summed E-state index contributed by atoms with van der Waals surface area (Å²) in [6.45, 7) is 1.75. The van der Waals surface area contributed by atoms with Gasteiger partial charge in [-0.25, -0.2) is 14.1 Å². The molecule has 2 heterocycles. The minimum Gasteiger partial charge on any atom is -0.381 e. The zero-order chi connectivity index (χ0) is 15.6. The summed E-state index contributed by atoms with van der Waals surface area (Å²) < 4.78 is 15.7. The fraction of sp³-hybridized carbons (Fsp3) is 0.286. The predicted molar refractivity (Wildman–Crippen MR) is 75.1 cm³/mol. The van der Waals surface area contributed by atoms with E-state index in [0.29, 0.717) is 0 Å². The maximum atomic E-state index is 14.3. The van der Waals surface area contributed by atoms with Gasteiger partial charge in [0.05, 0.1) is 18.9 Å². The molecule has 0 fully saturated rings. The second-order valence-corrected chi connectivity index (χ2v) is 5.02. The van der Waals surface area contributed by atoms with Gasteiger partial charge < -0.3 is 5.11 Å². The van der Waals surface area contributed by atoms with E-state index < -0.39 is 17.5 Å². The van der Waals surface area contributed by atoms with Crippen LogP contribution in [0.1, 0.15) is 18.5 Å². The van der Waals surface area contributed by atoms with Crippen LogP contribution < -0.4 is 0 Å².